The molecule has 0 amide bonds. The summed E-state index contributed by atoms with van der Waals surface area (Å²) in [5, 5.41) is 17.3. The third-order valence-electron chi connectivity index (χ3n) is 1.15. The van der Waals surface area contributed by atoms with Crippen LogP contribution in [0.25, 0.3) is 0 Å². The topological polar surface area (TPSA) is 75.7 Å². The molecule has 9 heavy (non-hydrogen) atoms. The monoisotopic (exact) mass is 131 g/mol. The van der Waals surface area contributed by atoms with Crippen molar-refractivity contribution in [1.29, 1.82) is 0 Å². The first-order valence-electron chi connectivity index (χ1n) is 2.68. The van der Waals surface area contributed by atoms with E-state index in [1.807, 2.05) is 0 Å². The van der Waals surface area contributed by atoms with Crippen molar-refractivity contribution in [1.82, 2.24) is 0 Å². The summed E-state index contributed by atoms with van der Waals surface area (Å²) in [6.07, 6.45) is -0.178. The van der Waals surface area contributed by atoms with E-state index < -0.39 is 6.23 Å². The third-order valence-corrected chi connectivity index (χ3v) is 1.15. The Bertz CT molecular complexity index is 143. The predicted octanol–water partition coefficient (Wildman–Crippen LogP) is -0.547. The fraction of sp³-hybridized carbons (Fsp3) is 0.600. The Morgan fingerprint density at radius 1 is 1.78 bits per heavy atom. The minimum absolute atomic E-state index is 0.0602. The Balaban J connectivity index is 2.58. The standard InChI is InChI=1S/C5H9NO3/c6-5-1-3(8)4(2-7)9-5/h5,7-8H,1-2,6H2/t5-/m1/s1. The first kappa shape index (κ1) is 6.38. The summed E-state index contributed by atoms with van der Waals surface area (Å²) < 4.78 is 4.78. The van der Waals surface area contributed by atoms with Crippen LogP contribution in [0.1, 0.15) is 6.42 Å². The highest BCUT2D eigenvalue weighted by atomic mass is 16.5. The van der Waals surface area contributed by atoms with E-state index in [-0.39, 0.29) is 18.1 Å². The van der Waals surface area contributed by atoms with Crippen molar-refractivity contribution in [2.24, 2.45) is 5.73 Å². The lowest BCUT2D eigenvalue weighted by molar-refractivity contribution is 0.118. The molecule has 1 aliphatic rings. The van der Waals surface area contributed by atoms with Crippen LogP contribution < -0.4 is 5.73 Å². The van der Waals surface area contributed by atoms with Gasteiger partial charge in [-0.15, -0.1) is 0 Å². The summed E-state index contributed by atoms with van der Waals surface area (Å²) in [6.45, 7) is -0.278. The Hall–Kier alpha value is -0.740. The number of hydrogen-bond donors (Lipinski definition) is 3. The predicted molar refractivity (Wildman–Crippen MR) is 30.4 cm³/mol. The van der Waals surface area contributed by atoms with E-state index >= 15 is 0 Å². The molecule has 0 saturated carbocycles. The maximum absolute atomic E-state index is 8.87. The van der Waals surface area contributed by atoms with Crippen molar-refractivity contribution >= 4 is 0 Å². The van der Waals surface area contributed by atoms with Crippen molar-refractivity contribution in [3.63, 3.8) is 0 Å². The lowest BCUT2D eigenvalue weighted by atomic mass is 10.3. The fourth-order valence-electron chi connectivity index (χ4n) is 0.725. The third kappa shape index (κ3) is 1.14. The van der Waals surface area contributed by atoms with Gasteiger partial charge in [-0.05, 0) is 0 Å². The molecule has 0 saturated heterocycles. The van der Waals surface area contributed by atoms with E-state index in [0.29, 0.717) is 6.42 Å². The normalized spacial score (nSPS) is 26.7. The van der Waals surface area contributed by atoms with Gasteiger partial charge in [0.1, 0.15) is 12.4 Å². The first-order valence-corrected chi connectivity index (χ1v) is 2.68. The zero-order valence-electron chi connectivity index (χ0n) is 4.87. The molecule has 1 rings (SSSR count). The quantitative estimate of drug-likeness (QED) is 0.446. The molecule has 4 nitrogen and oxygen atoms in total. The van der Waals surface area contributed by atoms with Gasteiger partial charge in [-0.1, -0.05) is 0 Å². The second-order valence-electron chi connectivity index (χ2n) is 1.89. The van der Waals surface area contributed by atoms with Crippen LogP contribution >= 0.6 is 0 Å². The van der Waals surface area contributed by atoms with E-state index in [1.54, 1.807) is 0 Å². The molecule has 1 aliphatic heterocycles. The number of hydrogen-bond acceptors (Lipinski definition) is 4. The van der Waals surface area contributed by atoms with E-state index in [0.717, 1.165) is 0 Å². The summed E-state index contributed by atoms with van der Waals surface area (Å²) >= 11 is 0. The minimum atomic E-state index is -0.479. The van der Waals surface area contributed by atoms with Crippen molar-refractivity contribution in [3.8, 4) is 0 Å². The number of rotatable bonds is 1. The van der Waals surface area contributed by atoms with Gasteiger partial charge in [-0.3, -0.25) is 5.73 Å². The Morgan fingerprint density at radius 2 is 2.44 bits per heavy atom. The highest BCUT2D eigenvalue weighted by molar-refractivity contribution is 5.06. The van der Waals surface area contributed by atoms with Crippen LogP contribution in [0, 0.1) is 0 Å². The molecule has 0 radical (unpaired) electrons. The Morgan fingerprint density at radius 3 is 2.67 bits per heavy atom. The van der Waals surface area contributed by atoms with Gasteiger partial charge in [0.15, 0.2) is 12.0 Å². The van der Waals surface area contributed by atoms with E-state index in [9.17, 15) is 0 Å². The van der Waals surface area contributed by atoms with Gasteiger partial charge in [-0.25, -0.2) is 0 Å². The van der Waals surface area contributed by atoms with Crippen LogP contribution in [-0.4, -0.2) is 23.0 Å². The lowest BCUT2D eigenvalue weighted by Crippen LogP contribution is -2.18. The van der Waals surface area contributed by atoms with Gasteiger partial charge < -0.3 is 14.9 Å². The molecule has 4 heteroatoms. The zero-order valence-corrected chi connectivity index (χ0v) is 4.87. The average Bonchev–Trinajstić information content (AvgIpc) is 2.10. The Labute approximate surface area is 52.5 Å². The van der Waals surface area contributed by atoms with Crippen LogP contribution in [0.4, 0.5) is 0 Å². The van der Waals surface area contributed by atoms with Crippen LogP contribution in [0.2, 0.25) is 0 Å². The summed E-state index contributed by atoms with van der Waals surface area (Å²) in [5.74, 6) is 0.257. The highest BCUT2D eigenvalue weighted by Gasteiger charge is 2.20. The molecule has 0 spiro atoms. The SMILES string of the molecule is N[C@H]1CC(O)=C(CO)O1. The number of aliphatic hydroxyl groups is 2. The van der Waals surface area contributed by atoms with Crippen molar-refractivity contribution < 1.29 is 14.9 Å². The zero-order chi connectivity index (χ0) is 6.85. The molecule has 0 aromatic rings. The second kappa shape index (κ2) is 2.24. The van der Waals surface area contributed by atoms with Crippen LogP contribution in [0.5, 0.6) is 0 Å². The van der Waals surface area contributed by atoms with Crippen LogP contribution in [-0.2, 0) is 4.74 Å². The van der Waals surface area contributed by atoms with Gasteiger partial charge in [-0.2, -0.15) is 0 Å². The van der Waals surface area contributed by atoms with Crippen LogP contribution in [0.15, 0.2) is 11.5 Å². The van der Waals surface area contributed by atoms with Gasteiger partial charge in [0, 0.05) is 0 Å². The van der Waals surface area contributed by atoms with Gasteiger partial charge in [0.25, 0.3) is 0 Å². The van der Waals surface area contributed by atoms with Crippen LogP contribution in [0.3, 0.4) is 0 Å². The molecule has 0 aliphatic carbocycles. The smallest absolute Gasteiger partial charge is 0.161 e. The molecule has 0 fully saturated rings. The van der Waals surface area contributed by atoms with Gasteiger partial charge in [0.05, 0.1) is 6.42 Å². The molecular formula is C5H9NO3. The molecular weight excluding hydrogens is 122 g/mol. The van der Waals surface area contributed by atoms with Crippen molar-refractivity contribution in [2.75, 3.05) is 6.61 Å². The molecule has 52 valence electrons. The molecule has 4 N–H and O–H groups in total. The average molecular weight is 131 g/mol. The summed E-state index contributed by atoms with van der Waals surface area (Å²) in [7, 11) is 0. The molecule has 0 aromatic carbocycles. The summed E-state index contributed by atoms with van der Waals surface area (Å²) in [4.78, 5) is 0. The van der Waals surface area contributed by atoms with E-state index in [4.69, 9.17) is 20.7 Å². The lowest BCUT2D eigenvalue weighted by Gasteiger charge is -2.02. The number of nitrogens with two attached hydrogens (primary N) is 1. The van der Waals surface area contributed by atoms with Crippen molar-refractivity contribution in [3.05, 3.63) is 11.5 Å². The molecule has 1 heterocycles. The van der Waals surface area contributed by atoms with E-state index in [1.165, 1.54) is 0 Å². The molecule has 1 atom stereocenters. The number of aliphatic hydroxyl groups excluding tert-OH is 2. The fourth-order valence-corrected chi connectivity index (χ4v) is 0.725. The summed E-state index contributed by atoms with van der Waals surface area (Å²) in [5.41, 5.74) is 5.26. The van der Waals surface area contributed by atoms with Crippen molar-refractivity contribution in [2.45, 2.75) is 12.6 Å². The molecule has 0 bridgehead atoms. The largest absolute Gasteiger partial charge is 0.509 e. The van der Waals surface area contributed by atoms with Gasteiger partial charge >= 0.3 is 0 Å². The number of ether oxygens (including phenoxy) is 1. The maximum atomic E-state index is 8.87. The minimum Gasteiger partial charge on any atom is -0.509 e. The maximum Gasteiger partial charge on any atom is 0.161 e. The molecule has 0 unspecified atom stereocenters. The van der Waals surface area contributed by atoms with E-state index in [2.05, 4.69) is 0 Å². The Kier molecular flexibility index (Phi) is 1.59. The highest BCUT2D eigenvalue weighted by Crippen LogP contribution is 2.18. The first-order chi connectivity index (χ1) is 4.24. The second-order valence-corrected chi connectivity index (χ2v) is 1.89. The summed E-state index contributed by atoms with van der Waals surface area (Å²) in [6, 6.07) is 0. The van der Waals surface area contributed by atoms with Gasteiger partial charge in [0.2, 0.25) is 0 Å². The molecule has 0 aromatic heterocycles.